The molecule has 0 atom stereocenters. The van der Waals surface area contributed by atoms with Crippen LogP contribution in [-0.2, 0) is 6.54 Å². The van der Waals surface area contributed by atoms with E-state index in [9.17, 15) is 9.50 Å². The highest BCUT2D eigenvalue weighted by atomic mass is 19.1. The summed E-state index contributed by atoms with van der Waals surface area (Å²) in [5.41, 5.74) is 1.39. The van der Waals surface area contributed by atoms with Crippen LogP contribution in [0, 0.1) is 5.92 Å². The third kappa shape index (κ3) is 4.49. The molecule has 1 aliphatic carbocycles. The van der Waals surface area contributed by atoms with Crippen molar-refractivity contribution in [1.29, 1.82) is 0 Å². The van der Waals surface area contributed by atoms with Gasteiger partial charge in [-0.05, 0) is 38.5 Å². The van der Waals surface area contributed by atoms with Crippen LogP contribution >= 0.6 is 0 Å². The van der Waals surface area contributed by atoms with E-state index >= 15 is 0 Å². The van der Waals surface area contributed by atoms with Gasteiger partial charge in [0.25, 0.3) is 0 Å². The largest absolute Gasteiger partial charge is 0.393 e. The van der Waals surface area contributed by atoms with Crippen molar-refractivity contribution in [2.45, 2.75) is 65.1 Å². The molecule has 0 amide bonds. The summed E-state index contributed by atoms with van der Waals surface area (Å²) in [6.07, 6.45) is 6.20. The number of imidazole rings is 1. The lowest BCUT2D eigenvalue weighted by Crippen LogP contribution is -2.28. The Morgan fingerprint density at radius 2 is 2.08 bits per heavy atom. The predicted octanol–water partition coefficient (Wildman–Crippen LogP) is 3.44. The van der Waals surface area contributed by atoms with E-state index in [0.29, 0.717) is 29.9 Å². The maximum absolute atomic E-state index is 13.1. The predicted molar refractivity (Wildman–Crippen MR) is 101 cm³/mol. The molecule has 0 bridgehead atoms. The normalized spacial score (nSPS) is 21.4. The van der Waals surface area contributed by atoms with Gasteiger partial charge in [-0.25, -0.2) is 14.4 Å². The smallest absolute Gasteiger partial charge is 0.224 e. The first kappa shape index (κ1) is 18.6. The number of aliphatic hydroxyl groups is 1. The fraction of sp³-hybridized carbons (Fsp3) is 0.611. The SMILES string of the molecule is C/C(F)=C/Nc1nc2cnc(NC3CCC(O)CC3)nc2n1CC(C)C. The van der Waals surface area contributed by atoms with Crippen molar-refractivity contribution in [2.24, 2.45) is 5.92 Å². The van der Waals surface area contributed by atoms with E-state index in [1.165, 1.54) is 13.1 Å². The summed E-state index contributed by atoms with van der Waals surface area (Å²) in [5, 5.41) is 15.9. The summed E-state index contributed by atoms with van der Waals surface area (Å²) in [6, 6.07) is 0.270. The minimum Gasteiger partial charge on any atom is -0.393 e. The first-order valence-electron chi connectivity index (χ1n) is 9.19. The maximum atomic E-state index is 13.1. The molecule has 2 heterocycles. The monoisotopic (exact) mass is 362 g/mol. The summed E-state index contributed by atoms with van der Waals surface area (Å²) in [6.45, 7) is 6.31. The van der Waals surface area contributed by atoms with Crippen LogP contribution in [0.1, 0.15) is 46.5 Å². The lowest BCUT2D eigenvalue weighted by molar-refractivity contribution is 0.126. The molecule has 3 rings (SSSR count). The number of allylic oxidation sites excluding steroid dienone is 1. The van der Waals surface area contributed by atoms with Crippen molar-refractivity contribution in [2.75, 3.05) is 10.6 Å². The number of aromatic nitrogens is 4. The molecule has 2 aromatic heterocycles. The Kier molecular flexibility index (Phi) is 5.70. The average molecular weight is 362 g/mol. The van der Waals surface area contributed by atoms with E-state index < -0.39 is 0 Å². The minimum absolute atomic E-state index is 0.190. The van der Waals surface area contributed by atoms with Crippen LogP contribution in [0.3, 0.4) is 0 Å². The van der Waals surface area contributed by atoms with Gasteiger partial charge >= 0.3 is 0 Å². The lowest BCUT2D eigenvalue weighted by Gasteiger charge is -2.26. The van der Waals surface area contributed by atoms with Crippen molar-refractivity contribution in [1.82, 2.24) is 19.5 Å². The Balaban J connectivity index is 1.87. The van der Waals surface area contributed by atoms with Gasteiger partial charge in [0.1, 0.15) is 11.3 Å². The Bertz CT molecular complexity index is 775. The third-order valence-corrected chi connectivity index (χ3v) is 4.47. The summed E-state index contributed by atoms with van der Waals surface area (Å²) in [7, 11) is 0. The fourth-order valence-corrected chi connectivity index (χ4v) is 3.20. The molecule has 0 unspecified atom stereocenters. The Morgan fingerprint density at radius 3 is 2.73 bits per heavy atom. The molecule has 8 heteroatoms. The molecule has 0 aliphatic heterocycles. The molecule has 0 saturated heterocycles. The molecule has 0 radical (unpaired) electrons. The van der Waals surface area contributed by atoms with E-state index in [1.807, 2.05) is 4.57 Å². The molecule has 1 fully saturated rings. The zero-order chi connectivity index (χ0) is 18.7. The molecule has 26 heavy (non-hydrogen) atoms. The fourth-order valence-electron chi connectivity index (χ4n) is 3.20. The van der Waals surface area contributed by atoms with Gasteiger partial charge in [0.05, 0.1) is 12.3 Å². The molecule has 7 nitrogen and oxygen atoms in total. The molecular formula is C18H27FN6O. The van der Waals surface area contributed by atoms with Gasteiger partial charge in [-0.3, -0.25) is 4.57 Å². The van der Waals surface area contributed by atoms with Gasteiger partial charge < -0.3 is 15.7 Å². The number of fused-ring (bicyclic) bond motifs is 1. The van der Waals surface area contributed by atoms with Crippen LogP contribution in [0.15, 0.2) is 18.2 Å². The Morgan fingerprint density at radius 1 is 1.35 bits per heavy atom. The van der Waals surface area contributed by atoms with Crippen LogP contribution in [0.5, 0.6) is 0 Å². The summed E-state index contributed by atoms with van der Waals surface area (Å²) < 4.78 is 15.1. The first-order valence-corrected chi connectivity index (χ1v) is 9.19. The van der Waals surface area contributed by atoms with E-state index in [1.54, 1.807) is 6.20 Å². The minimum atomic E-state index is -0.318. The second kappa shape index (κ2) is 7.99. The zero-order valence-electron chi connectivity index (χ0n) is 15.5. The van der Waals surface area contributed by atoms with E-state index in [2.05, 4.69) is 39.4 Å². The van der Waals surface area contributed by atoms with Crippen molar-refractivity contribution in [3.8, 4) is 0 Å². The number of nitrogens with one attached hydrogen (secondary N) is 2. The number of rotatable bonds is 6. The second-order valence-electron chi connectivity index (χ2n) is 7.37. The van der Waals surface area contributed by atoms with Gasteiger partial charge in [0, 0.05) is 18.8 Å². The Labute approximate surface area is 152 Å². The van der Waals surface area contributed by atoms with Gasteiger partial charge in [0.15, 0.2) is 5.65 Å². The number of hydrogen-bond donors (Lipinski definition) is 3. The van der Waals surface area contributed by atoms with E-state index in [-0.39, 0.29) is 18.0 Å². The van der Waals surface area contributed by atoms with E-state index in [4.69, 9.17) is 0 Å². The molecule has 0 aromatic carbocycles. The molecule has 2 aromatic rings. The molecule has 1 saturated carbocycles. The quantitative estimate of drug-likeness (QED) is 0.730. The molecule has 0 spiro atoms. The number of anilines is 2. The van der Waals surface area contributed by atoms with Crippen LogP contribution in [0.2, 0.25) is 0 Å². The van der Waals surface area contributed by atoms with E-state index in [0.717, 1.165) is 31.3 Å². The van der Waals surface area contributed by atoms with Crippen LogP contribution < -0.4 is 10.6 Å². The maximum Gasteiger partial charge on any atom is 0.224 e. The van der Waals surface area contributed by atoms with Gasteiger partial charge in [0.2, 0.25) is 11.9 Å². The number of halogens is 1. The summed E-state index contributed by atoms with van der Waals surface area (Å²) in [5.74, 6) is 1.18. The standard InChI is InChI=1S/C18H27FN6O/c1-11(2)10-25-16-15(23-18(25)21-8-12(3)19)9-20-17(24-16)22-13-4-6-14(26)7-5-13/h8-9,11,13-14,26H,4-7,10H2,1-3H3,(H,21,23)(H,20,22,24)/b12-8-. The highest BCUT2D eigenvalue weighted by molar-refractivity contribution is 5.75. The highest BCUT2D eigenvalue weighted by Crippen LogP contribution is 2.23. The summed E-state index contributed by atoms with van der Waals surface area (Å²) in [4.78, 5) is 13.5. The van der Waals surface area contributed by atoms with Gasteiger partial charge in [-0.1, -0.05) is 13.8 Å². The molecule has 3 N–H and O–H groups in total. The van der Waals surface area contributed by atoms with Crippen molar-refractivity contribution >= 4 is 23.1 Å². The number of nitrogens with zero attached hydrogens (tertiary/aromatic N) is 4. The Hall–Kier alpha value is -2.22. The average Bonchev–Trinajstić information content (AvgIpc) is 2.92. The molecule has 1 aliphatic rings. The van der Waals surface area contributed by atoms with Crippen LogP contribution in [-0.4, -0.2) is 36.8 Å². The third-order valence-electron chi connectivity index (χ3n) is 4.47. The lowest BCUT2D eigenvalue weighted by atomic mass is 9.93. The van der Waals surface area contributed by atoms with Crippen molar-refractivity contribution in [3.63, 3.8) is 0 Å². The van der Waals surface area contributed by atoms with Gasteiger partial charge in [-0.2, -0.15) is 4.98 Å². The number of aliphatic hydroxyl groups excluding tert-OH is 1. The zero-order valence-corrected chi connectivity index (χ0v) is 15.5. The van der Waals surface area contributed by atoms with Crippen molar-refractivity contribution < 1.29 is 9.50 Å². The van der Waals surface area contributed by atoms with Crippen molar-refractivity contribution in [3.05, 3.63) is 18.2 Å². The second-order valence-corrected chi connectivity index (χ2v) is 7.37. The first-order chi connectivity index (χ1) is 12.4. The van der Waals surface area contributed by atoms with Crippen LogP contribution in [0.25, 0.3) is 11.2 Å². The topological polar surface area (TPSA) is 87.9 Å². The molecular weight excluding hydrogens is 335 g/mol. The van der Waals surface area contributed by atoms with Gasteiger partial charge in [-0.15, -0.1) is 0 Å². The summed E-state index contributed by atoms with van der Waals surface area (Å²) >= 11 is 0. The highest BCUT2D eigenvalue weighted by Gasteiger charge is 2.21. The van der Waals surface area contributed by atoms with Crippen LogP contribution in [0.4, 0.5) is 16.3 Å². The molecule has 142 valence electrons. The number of hydrogen-bond acceptors (Lipinski definition) is 6.